The van der Waals surface area contributed by atoms with Crippen molar-refractivity contribution in [3.05, 3.63) is 65.2 Å². The van der Waals surface area contributed by atoms with Crippen LogP contribution in [0.5, 0.6) is 11.5 Å². The zero-order valence-corrected chi connectivity index (χ0v) is 19.4. The number of para-hydroxylation sites is 1. The molecule has 5 heteroatoms. The highest BCUT2D eigenvalue weighted by molar-refractivity contribution is 5.90. The Kier molecular flexibility index (Phi) is 6.68. The Morgan fingerprint density at radius 1 is 1.00 bits per heavy atom. The molecule has 0 bridgehead atoms. The molecule has 1 unspecified atom stereocenters. The second-order valence-corrected chi connectivity index (χ2v) is 9.74. The fourth-order valence-electron chi connectivity index (χ4n) is 5.47. The van der Waals surface area contributed by atoms with Gasteiger partial charge in [-0.3, -0.25) is 9.69 Å². The number of carbonyl (C=O) groups is 1. The first-order valence-corrected chi connectivity index (χ1v) is 12.5. The van der Waals surface area contributed by atoms with E-state index >= 15 is 0 Å². The van der Waals surface area contributed by atoms with Crippen LogP contribution >= 0.6 is 0 Å². The minimum Gasteiger partial charge on any atom is -0.457 e. The van der Waals surface area contributed by atoms with Gasteiger partial charge < -0.3 is 15.8 Å². The first-order chi connectivity index (χ1) is 16.2. The van der Waals surface area contributed by atoms with E-state index in [1.54, 1.807) is 5.57 Å². The first kappa shape index (κ1) is 22.0. The van der Waals surface area contributed by atoms with Crippen molar-refractivity contribution in [2.75, 3.05) is 25.4 Å². The molecule has 5 rings (SSSR count). The summed E-state index contributed by atoms with van der Waals surface area (Å²) in [5.74, 6) is 1.10. The zero-order valence-electron chi connectivity index (χ0n) is 19.4. The Balaban J connectivity index is 1.23. The van der Waals surface area contributed by atoms with E-state index in [0.29, 0.717) is 11.4 Å². The summed E-state index contributed by atoms with van der Waals surface area (Å²) < 4.78 is 6.06. The largest absolute Gasteiger partial charge is 0.457 e. The van der Waals surface area contributed by atoms with E-state index in [4.69, 9.17) is 10.5 Å². The number of hydrogen-bond acceptors (Lipinski definition) is 4. The van der Waals surface area contributed by atoms with Gasteiger partial charge in [0.2, 0.25) is 5.91 Å². The topological polar surface area (TPSA) is 67.6 Å². The number of hydrogen-bond donors (Lipinski definition) is 2. The lowest BCUT2D eigenvalue weighted by Crippen LogP contribution is -2.46. The number of amides is 1. The smallest absolute Gasteiger partial charge is 0.232 e. The van der Waals surface area contributed by atoms with Gasteiger partial charge in [0, 0.05) is 42.5 Å². The average molecular weight is 446 g/mol. The lowest BCUT2D eigenvalue weighted by Gasteiger charge is -2.34. The number of benzene rings is 2. The normalized spacial score (nSPS) is 23.2. The van der Waals surface area contributed by atoms with Crippen molar-refractivity contribution in [3.8, 4) is 11.5 Å². The van der Waals surface area contributed by atoms with Gasteiger partial charge in [-0.2, -0.15) is 0 Å². The summed E-state index contributed by atoms with van der Waals surface area (Å²) in [5.41, 5.74) is 10.1. The van der Waals surface area contributed by atoms with Crippen LogP contribution in [0.25, 0.3) is 0 Å². The maximum atomic E-state index is 13.5. The van der Waals surface area contributed by atoms with Gasteiger partial charge in [-0.25, -0.2) is 0 Å². The fraction of sp³-hybridized carbons (Fsp3) is 0.464. The molecule has 0 saturated carbocycles. The molecule has 174 valence electrons. The third kappa shape index (κ3) is 5.09. The third-order valence-corrected chi connectivity index (χ3v) is 7.30. The SMILES string of the molecule is Nc1ccc2c(c1)C(C(=O)NC1CCN(C/C3=C/CCCCCC3)CC1)c1ccccc1O2. The summed E-state index contributed by atoms with van der Waals surface area (Å²) in [6.45, 7) is 3.17. The average Bonchev–Trinajstić information content (AvgIpc) is 2.80. The van der Waals surface area contributed by atoms with Gasteiger partial charge >= 0.3 is 0 Å². The Bertz CT molecular complexity index is 1020. The highest BCUT2D eigenvalue weighted by Gasteiger charge is 2.34. The Labute approximate surface area is 197 Å². The molecule has 1 aliphatic carbocycles. The molecule has 2 aromatic rings. The fourth-order valence-corrected chi connectivity index (χ4v) is 5.47. The summed E-state index contributed by atoms with van der Waals surface area (Å²) in [5, 5.41) is 3.36. The van der Waals surface area contributed by atoms with Crippen LogP contribution in [-0.2, 0) is 4.79 Å². The second kappa shape index (κ2) is 10.0. The van der Waals surface area contributed by atoms with E-state index in [1.165, 1.54) is 38.5 Å². The summed E-state index contributed by atoms with van der Waals surface area (Å²) >= 11 is 0. The van der Waals surface area contributed by atoms with Gasteiger partial charge in [-0.15, -0.1) is 0 Å². The maximum Gasteiger partial charge on any atom is 0.232 e. The number of allylic oxidation sites excluding steroid dienone is 1. The van der Waals surface area contributed by atoms with Crippen LogP contribution in [0.1, 0.15) is 68.4 Å². The number of rotatable bonds is 4. The van der Waals surface area contributed by atoms with Crippen molar-refractivity contribution in [2.24, 2.45) is 0 Å². The van der Waals surface area contributed by atoms with Crippen LogP contribution in [0.15, 0.2) is 54.1 Å². The van der Waals surface area contributed by atoms with E-state index in [1.807, 2.05) is 42.5 Å². The van der Waals surface area contributed by atoms with Crippen LogP contribution in [0.3, 0.4) is 0 Å². The van der Waals surface area contributed by atoms with Crippen LogP contribution in [0.2, 0.25) is 0 Å². The molecule has 2 aromatic carbocycles. The molecule has 2 heterocycles. The maximum absolute atomic E-state index is 13.5. The van der Waals surface area contributed by atoms with Gasteiger partial charge in [-0.05, 0) is 62.8 Å². The van der Waals surface area contributed by atoms with Gasteiger partial charge in [0.05, 0.1) is 5.92 Å². The third-order valence-electron chi connectivity index (χ3n) is 7.30. The van der Waals surface area contributed by atoms with Crippen molar-refractivity contribution in [1.82, 2.24) is 10.2 Å². The summed E-state index contributed by atoms with van der Waals surface area (Å²) in [7, 11) is 0. The molecule has 1 atom stereocenters. The zero-order chi connectivity index (χ0) is 22.6. The molecule has 0 aromatic heterocycles. The summed E-state index contributed by atoms with van der Waals surface area (Å²) in [6.07, 6.45) is 12.4. The predicted molar refractivity (Wildman–Crippen MR) is 133 cm³/mol. The molecule has 2 aliphatic heterocycles. The number of nitrogens with two attached hydrogens (primary N) is 1. The molecule has 3 aliphatic rings. The van der Waals surface area contributed by atoms with Crippen molar-refractivity contribution in [1.29, 1.82) is 0 Å². The van der Waals surface area contributed by atoms with Crippen molar-refractivity contribution in [3.63, 3.8) is 0 Å². The van der Waals surface area contributed by atoms with E-state index in [-0.39, 0.29) is 11.9 Å². The van der Waals surface area contributed by atoms with Gasteiger partial charge in [0.15, 0.2) is 0 Å². The van der Waals surface area contributed by atoms with E-state index in [9.17, 15) is 4.79 Å². The molecule has 1 saturated heterocycles. The van der Waals surface area contributed by atoms with Crippen LogP contribution in [0.4, 0.5) is 5.69 Å². The quantitative estimate of drug-likeness (QED) is 0.491. The monoisotopic (exact) mass is 445 g/mol. The minimum atomic E-state index is -0.397. The Morgan fingerprint density at radius 3 is 2.67 bits per heavy atom. The van der Waals surface area contributed by atoms with Gasteiger partial charge in [0.25, 0.3) is 0 Å². The molecule has 1 fully saturated rings. The number of nitrogens with one attached hydrogen (secondary N) is 1. The van der Waals surface area contributed by atoms with Gasteiger partial charge in [-0.1, -0.05) is 42.7 Å². The Hall–Kier alpha value is -2.79. The first-order valence-electron chi connectivity index (χ1n) is 12.5. The van der Waals surface area contributed by atoms with Crippen molar-refractivity contribution >= 4 is 11.6 Å². The van der Waals surface area contributed by atoms with Gasteiger partial charge in [0.1, 0.15) is 11.5 Å². The van der Waals surface area contributed by atoms with E-state index < -0.39 is 5.92 Å². The number of anilines is 1. The lowest BCUT2D eigenvalue weighted by atomic mass is 9.86. The molecule has 5 nitrogen and oxygen atoms in total. The molecular weight excluding hydrogens is 410 g/mol. The highest BCUT2D eigenvalue weighted by Crippen LogP contribution is 2.44. The number of piperidine rings is 1. The highest BCUT2D eigenvalue weighted by atomic mass is 16.5. The Morgan fingerprint density at radius 2 is 1.79 bits per heavy atom. The number of nitrogens with zero attached hydrogens (tertiary/aromatic N) is 1. The molecule has 33 heavy (non-hydrogen) atoms. The number of likely N-dealkylation sites (tertiary alicyclic amines) is 1. The molecule has 3 N–H and O–H groups in total. The van der Waals surface area contributed by atoms with E-state index in [0.717, 1.165) is 49.4 Å². The van der Waals surface area contributed by atoms with Crippen LogP contribution in [-0.4, -0.2) is 36.5 Å². The predicted octanol–water partition coefficient (Wildman–Crippen LogP) is 5.37. The lowest BCUT2D eigenvalue weighted by molar-refractivity contribution is -0.122. The summed E-state index contributed by atoms with van der Waals surface area (Å²) in [6, 6.07) is 13.6. The molecule has 1 amide bonds. The number of ether oxygens (including phenoxy) is 1. The standard InChI is InChI=1S/C28H35N3O2/c29-21-12-13-26-24(18-21)27(23-10-6-7-11-25(23)33-26)28(32)30-22-14-16-31(17-15-22)19-20-8-4-2-1-3-5-9-20/h6-8,10-13,18,22,27H,1-5,9,14-17,19,29H2,(H,30,32)/b20-8+. The van der Waals surface area contributed by atoms with Crippen molar-refractivity contribution < 1.29 is 9.53 Å². The van der Waals surface area contributed by atoms with Crippen LogP contribution < -0.4 is 15.8 Å². The van der Waals surface area contributed by atoms with E-state index in [2.05, 4.69) is 16.3 Å². The number of fused-ring (bicyclic) bond motifs is 2. The summed E-state index contributed by atoms with van der Waals surface area (Å²) in [4.78, 5) is 16.1. The molecule has 0 spiro atoms. The van der Waals surface area contributed by atoms with Crippen molar-refractivity contribution in [2.45, 2.75) is 63.3 Å². The molecule has 0 radical (unpaired) electrons. The van der Waals surface area contributed by atoms with Crippen LogP contribution in [0, 0.1) is 0 Å². The minimum absolute atomic E-state index is 0.0405. The second-order valence-electron chi connectivity index (χ2n) is 9.74. The number of carbonyl (C=O) groups excluding carboxylic acids is 1. The number of nitrogen functional groups attached to an aromatic ring is 1. The molecular formula is C28H35N3O2.